The number of para-hydroxylation sites is 1. The summed E-state index contributed by atoms with van der Waals surface area (Å²) in [5.74, 6) is 0.549. The number of hydrogen-bond acceptors (Lipinski definition) is 3. The van der Waals surface area contributed by atoms with Gasteiger partial charge in [0.1, 0.15) is 5.75 Å². The molecular formula is C21H26N2O2. The quantitative estimate of drug-likeness (QED) is 0.877. The van der Waals surface area contributed by atoms with Crippen LogP contribution in [0.2, 0.25) is 0 Å². The molecule has 1 aliphatic rings. The van der Waals surface area contributed by atoms with Gasteiger partial charge in [0.25, 0.3) is 5.91 Å². The molecule has 0 radical (unpaired) electrons. The van der Waals surface area contributed by atoms with Crippen LogP contribution in [0.15, 0.2) is 54.6 Å². The SMILES string of the molecule is COc1ccccc1C(=O)NC[C@H]1CCCCN1Cc1ccccc1. The monoisotopic (exact) mass is 338 g/mol. The molecule has 4 heteroatoms. The van der Waals surface area contributed by atoms with E-state index in [0.29, 0.717) is 23.9 Å². The van der Waals surface area contributed by atoms with Crippen LogP contribution in [0, 0.1) is 0 Å². The number of amides is 1. The Morgan fingerprint density at radius 1 is 1.12 bits per heavy atom. The summed E-state index contributed by atoms with van der Waals surface area (Å²) in [5.41, 5.74) is 1.92. The maximum atomic E-state index is 12.5. The smallest absolute Gasteiger partial charge is 0.255 e. The summed E-state index contributed by atoms with van der Waals surface area (Å²) in [6.45, 7) is 2.70. The summed E-state index contributed by atoms with van der Waals surface area (Å²) in [6, 6.07) is 18.3. The molecule has 132 valence electrons. The van der Waals surface area contributed by atoms with Crippen molar-refractivity contribution in [2.45, 2.75) is 31.8 Å². The molecule has 0 unspecified atom stereocenters. The summed E-state index contributed by atoms with van der Waals surface area (Å²) in [4.78, 5) is 15.0. The minimum atomic E-state index is -0.0670. The third kappa shape index (κ3) is 4.60. The van der Waals surface area contributed by atoms with Gasteiger partial charge in [0.2, 0.25) is 0 Å². The fourth-order valence-corrected chi connectivity index (χ4v) is 3.46. The molecule has 2 aromatic rings. The van der Waals surface area contributed by atoms with Crippen molar-refractivity contribution >= 4 is 5.91 Å². The van der Waals surface area contributed by atoms with E-state index in [0.717, 1.165) is 19.5 Å². The topological polar surface area (TPSA) is 41.6 Å². The first-order valence-electron chi connectivity index (χ1n) is 8.97. The molecule has 1 atom stereocenters. The number of benzene rings is 2. The van der Waals surface area contributed by atoms with E-state index in [1.54, 1.807) is 13.2 Å². The molecule has 1 heterocycles. The second kappa shape index (κ2) is 8.67. The Hall–Kier alpha value is -2.33. The Balaban J connectivity index is 1.61. The van der Waals surface area contributed by atoms with Crippen LogP contribution in [0.5, 0.6) is 5.75 Å². The van der Waals surface area contributed by atoms with Crippen LogP contribution in [-0.2, 0) is 6.54 Å². The van der Waals surface area contributed by atoms with Gasteiger partial charge >= 0.3 is 0 Å². The van der Waals surface area contributed by atoms with E-state index in [2.05, 4.69) is 34.5 Å². The van der Waals surface area contributed by atoms with Gasteiger partial charge in [-0.1, -0.05) is 48.9 Å². The molecule has 0 aromatic heterocycles. The van der Waals surface area contributed by atoms with E-state index in [4.69, 9.17) is 4.74 Å². The lowest BCUT2D eigenvalue weighted by atomic mass is 10.0. The van der Waals surface area contributed by atoms with Crippen LogP contribution in [0.1, 0.15) is 35.2 Å². The fraction of sp³-hybridized carbons (Fsp3) is 0.381. The summed E-state index contributed by atoms with van der Waals surface area (Å²) < 4.78 is 5.29. The molecule has 25 heavy (non-hydrogen) atoms. The average Bonchev–Trinajstić information content (AvgIpc) is 2.68. The maximum absolute atomic E-state index is 12.5. The number of ether oxygens (including phenoxy) is 1. The zero-order chi connectivity index (χ0) is 17.5. The number of rotatable bonds is 6. The minimum Gasteiger partial charge on any atom is -0.496 e. The summed E-state index contributed by atoms with van der Waals surface area (Å²) >= 11 is 0. The Bertz CT molecular complexity index is 687. The molecule has 0 bridgehead atoms. The van der Waals surface area contributed by atoms with Crippen LogP contribution in [0.4, 0.5) is 0 Å². The predicted molar refractivity (Wildman–Crippen MR) is 99.8 cm³/mol. The third-order valence-electron chi connectivity index (χ3n) is 4.83. The molecule has 1 aliphatic heterocycles. The first kappa shape index (κ1) is 17.5. The normalized spacial score (nSPS) is 17.9. The number of likely N-dealkylation sites (tertiary alicyclic amines) is 1. The van der Waals surface area contributed by atoms with Crippen LogP contribution < -0.4 is 10.1 Å². The molecule has 4 nitrogen and oxygen atoms in total. The molecular weight excluding hydrogens is 312 g/mol. The average molecular weight is 338 g/mol. The summed E-state index contributed by atoms with van der Waals surface area (Å²) in [5, 5.41) is 3.10. The molecule has 0 spiro atoms. The number of carbonyl (C=O) groups is 1. The number of nitrogens with zero attached hydrogens (tertiary/aromatic N) is 1. The lowest BCUT2D eigenvalue weighted by Crippen LogP contribution is -2.46. The van der Waals surface area contributed by atoms with Gasteiger partial charge in [-0.2, -0.15) is 0 Å². The number of piperidine rings is 1. The van der Waals surface area contributed by atoms with Crippen molar-refractivity contribution in [2.75, 3.05) is 20.2 Å². The lowest BCUT2D eigenvalue weighted by Gasteiger charge is -2.36. The first-order valence-corrected chi connectivity index (χ1v) is 8.97. The van der Waals surface area contributed by atoms with E-state index < -0.39 is 0 Å². The Kier molecular flexibility index (Phi) is 6.07. The first-order chi connectivity index (χ1) is 12.3. The van der Waals surface area contributed by atoms with Crippen LogP contribution in [0.25, 0.3) is 0 Å². The second-order valence-corrected chi connectivity index (χ2v) is 6.52. The van der Waals surface area contributed by atoms with Gasteiger partial charge in [0.05, 0.1) is 12.7 Å². The van der Waals surface area contributed by atoms with E-state index in [1.165, 1.54) is 18.4 Å². The van der Waals surface area contributed by atoms with Crippen LogP contribution in [0.3, 0.4) is 0 Å². The Morgan fingerprint density at radius 2 is 1.88 bits per heavy atom. The minimum absolute atomic E-state index is 0.0670. The van der Waals surface area contributed by atoms with Crippen molar-refractivity contribution < 1.29 is 9.53 Å². The highest BCUT2D eigenvalue weighted by Gasteiger charge is 2.23. The molecule has 1 amide bonds. The molecule has 3 rings (SSSR count). The van der Waals surface area contributed by atoms with E-state index in [1.807, 2.05) is 24.3 Å². The molecule has 2 aromatic carbocycles. The van der Waals surface area contributed by atoms with Crippen LogP contribution in [-0.4, -0.2) is 37.0 Å². The van der Waals surface area contributed by atoms with Gasteiger partial charge in [-0.05, 0) is 37.1 Å². The van der Waals surface area contributed by atoms with Crippen LogP contribution >= 0.6 is 0 Å². The number of nitrogens with one attached hydrogen (secondary N) is 1. The van der Waals surface area contributed by atoms with Gasteiger partial charge in [0.15, 0.2) is 0 Å². The highest BCUT2D eigenvalue weighted by atomic mass is 16.5. The zero-order valence-corrected chi connectivity index (χ0v) is 14.8. The molecule has 1 fully saturated rings. The van der Waals surface area contributed by atoms with Gasteiger partial charge in [0, 0.05) is 19.1 Å². The largest absolute Gasteiger partial charge is 0.496 e. The molecule has 1 saturated heterocycles. The van der Waals surface area contributed by atoms with E-state index in [-0.39, 0.29) is 5.91 Å². The van der Waals surface area contributed by atoms with Gasteiger partial charge in [-0.3, -0.25) is 9.69 Å². The third-order valence-corrected chi connectivity index (χ3v) is 4.83. The van der Waals surface area contributed by atoms with Crippen molar-refractivity contribution in [3.63, 3.8) is 0 Å². The van der Waals surface area contributed by atoms with Crippen molar-refractivity contribution in [2.24, 2.45) is 0 Å². The van der Waals surface area contributed by atoms with Gasteiger partial charge in [-0.25, -0.2) is 0 Å². The molecule has 0 aliphatic carbocycles. The van der Waals surface area contributed by atoms with Crippen molar-refractivity contribution in [3.8, 4) is 5.75 Å². The van der Waals surface area contributed by atoms with Gasteiger partial charge < -0.3 is 10.1 Å². The standard InChI is InChI=1S/C21H26N2O2/c1-25-20-13-6-5-12-19(20)21(24)22-15-18-11-7-8-14-23(18)16-17-9-3-2-4-10-17/h2-6,9-10,12-13,18H,7-8,11,14-16H2,1H3,(H,22,24)/t18-/m1/s1. The Morgan fingerprint density at radius 3 is 2.68 bits per heavy atom. The van der Waals surface area contributed by atoms with Crippen molar-refractivity contribution in [1.82, 2.24) is 10.2 Å². The maximum Gasteiger partial charge on any atom is 0.255 e. The number of carbonyl (C=O) groups excluding carboxylic acids is 1. The number of methoxy groups -OCH3 is 1. The fourth-order valence-electron chi connectivity index (χ4n) is 3.46. The van der Waals surface area contributed by atoms with E-state index in [9.17, 15) is 4.79 Å². The Labute approximate surface area is 149 Å². The number of hydrogen-bond donors (Lipinski definition) is 1. The lowest BCUT2D eigenvalue weighted by molar-refractivity contribution is 0.0905. The predicted octanol–water partition coefficient (Wildman–Crippen LogP) is 3.48. The summed E-state index contributed by atoms with van der Waals surface area (Å²) in [7, 11) is 1.59. The van der Waals surface area contributed by atoms with Crippen molar-refractivity contribution in [3.05, 3.63) is 65.7 Å². The van der Waals surface area contributed by atoms with E-state index >= 15 is 0 Å². The zero-order valence-electron chi connectivity index (χ0n) is 14.8. The highest BCUT2D eigenvalue weighted by molar-refractivity contribution is 5.96. The second-order valence-electron chi connectivity index (χ2n) is 6.52. The summed E-state index contributed by atoms with van der Waals surface area (Å²) in [6.07, 6.45) is 3.57. The van der Waals surface area contributed by atoms with Gasteiger partial charge in [-0.15, -0.1) is 0 Å². The highest BCUT2D eigenvalue weighted by Crippen LogP contribution is 2.20. The molecule has 0 saturated carbocycles. The van der Waals surface area contributed by atoms with Crippen molar-refractivity contribution in [1.29, 1.82) is 0 Å². The molecule has 1 N–H and O–H groups in total.